The van der Waals surface area contributed by atoms with Crippen molar-refractivity contribution in [2.24, 2.45) is 5.41 Å². The van der Waals surface area contributed by atoms with E-state index in [0.717, 1.165) is 4.47 Å². The Morgan fingerprint density at radius 1 is 1.19 bits per heavy atom. The number of sulfonamides is 1. The summed E-state index contributed by atoms with van der Waals surface area (Å²) in [7, 11) is -3.28. The van der Waals surface area contributed by atoms with Crippen LogP contribution < -0.4 is 0 Å². The summed E-state index contributed by atoms with van der Waals surface area (Å²) >= 11 is 3.29. The highest BCUT2D eigenvalue weighted by molar-refractivity contribution is 9.10. The van der Waals surface area contributed by atoms with Crippen LogP contribution in [0.3, 0.4) is 0 Å². The second-order valence-corrected chi connectivity index (χ2v) is 7.74. The molecule has 0 spiro atoms. The van der Waals surface area contributed by atoms with Gasteiger partial charge in [0.1, 0.15) is 0 Å². The van der Waals surface area contributed by atoms with E-state index in [1.807, 2.05) is 0 Å². The van der Waals surface area contributed by atoms with Crippen LogP contribution in [0.5, 0.6) is 0 Å². The van der Waals surface area contributed by atoms with Gasteiger partial charge < -0.3 is 0 Å². The van der Waals surface area contributed by atoms with Crippen molar-refractivity contribution in [2.45, 2.75) is 18.7 Å². The third-order valence-corrected chi connectivity index (χ3v) is 4.99. The van der Waals surface area contributed by atoms with E-state index in [1.165, 1.54) is 4.31 Å². The van der Waals surface area contributed by atoms with Crippen molar-refractivity contribution in [3.05, 3.63) is 28.7 Å². The molecule has 1 heterocycles. The van der Waals surface area contributed by atoms with E-state index >= 15 is 0 Å². The zero-order valence-electron chi connectivity index (χ0n) is 9.27. The average Bonchev–Trinajstić information content (AvgIpc) is 2.14. The number of hydrogen-bond donors (Lipinski definition) is 0. The van der Waals surface area contributed by atoms with Crippen molar-refractivity contribution in [3.8, 4) is 0 Å². The number of nitrogens with zero attached hydrogens (tertiary/aromatic N) is 1. The smallest absolute Gasteiger partial charge is 0.207 e. The number of rotatable bonds is 2. The van der Waals surface area contributed by atoms with E-state index in [1.54, 1.807) is 24.3 Å². The van der Waals surface area contributed by atoms with E-state index in [2.05, 4.69) is 29.8 Å². The van der Waals surface area contributed by atoms with Gasteiger partial charge in [-0.3, -0.25) is 0 Å². The summed E-state index contributed by atoms with van der Waals surface area (Å²) in [6, 6.07) is 6.76. The van der Waals surface area contributed by atoms with Crippen LogP contribution in [-0.4, -0.2) is 25.8 Å². The molecule has 0 aromatic heterocycles. The van der Waals surface area contributed by atoms with Crippen molar-refractivity contribution in [1.29, 1.82) is 0 Å². The fraction of sp³-hybridized carbons (Fsp3) is 0.455. The lowest BCUT2D eigenvalue weighted by atomic mass is 9.87. The predicted molar refractivity (Wildman–Crippen MR) is 66.7 cm³/mol. The molecule has 1 fully saturated rings. The molecular weight excluding hydrogens is 290 g/mol. The topological polar surface area (TPSA) is 37.4 Å². The summed E-state index contributed by atoms with van der Waals surface area (Å²) in [5.74, 6) is 0. The van der Waals surface area contributed by atoms with Crippen LogP contribution >= 0.6 is 15.9 Å². The van der Waals surface area contributed by atoms with Gasteiger partial charge in [0, 0.05) is 17.6 Å². The van der Waals surface area contributed by atoms with Gasteiger partial charge in [0.05, 0.1) is 4.90 Å². The monoisotopic (exact) mass is 303 g/mol. The van der Waals surface area contributed by atoms with Crippen molar-refractivity contribution in [1.82, 2.24) is 4.31 Å². The molecule has 88 valence electrons. The molecule has 5 heteroatoms. The Bertz CT molecular complexity index is 485. The normalized spacial score (nSPS) is 20.4. The van der Waals surface area contributed by atoms with Gasteiger partial charge in [0.25, 0.3) is 0 Å². The molecule has 1 saturated heterocycles. The molecule has 0 atom stereocenters. The first-order valence-corrected chi connectivity index (χ1v) is 7.30. The number of benzene rings is 1. The van der Waals surface area contributed by atoms with E-state index < -0.39 is 10.0 Å². The molecular formula is C11H14BrNO2S. The van der Waals surface area contributed by atoms with Crippen LogP contribution in [0, 0.1) is 5.41 Å². The second kappa shape index (κ2) is 3.82. The number of halogens is 1. The fourth-order valence-electron chi connectivity index (χ4n) is 1.83. The Morgan fingerprint density at radius 2 is 1.69 bits per heavy atom. The summed E-state index contributed by atoms with van der Waals surface area (Å²) in [5.41, 5.74) is 0.114. The van der Waals surface area contributed by atoms with Gasteiger partial charge in [0.2, 0.25) is 10.0 Å². The molecule has 0 saturated carbocycles. The minimum Gasteiger partial charge on any atom is -0.207 e. The highest BCUT2D eigenvalue weighted by atomic mass is 79.9. The van der Waals surface area contributed by atoms with Gasteiger partial charge >= 0.3 is 0 Å². The van der Waals surface area contributed by atoms with Crippen molar-refractivity contribution in [2.75, 3.05) is 13.1 Å². The largest absolute Gasteiger partial charge is 0.243 e. The maximum Gasteiger partial charge on any atom is 0.243 e. The Balaban J connectivity index is 2.24. The van der Waals surface area contributed by atoms with Crippen LogP contribution in [-0.2, 0) is 10.0 Å². The van der Waals surface area contributed by atoms with Gasteiger partial charge in [-0.1, -0.05) is 29.8 Å². The molecule has 0 unspecified atom stereocenters. The molecule has 1 aliphatic rings. The maximum absolute atomic E-state index is 12.1. The predicted octanol–water partition coefficient (Wildman–Crippen LogP) is 2.48. The third kappa shape index (κ3) is 2.17. The molecule has 0 N–H and O–H groups in total. The molecule has 1 aliphatic heterocycles. The first kappa shape index (κ1) is 12.1. The van der Waals surface area contributed by atoms with Crippen molar-refractivity contribution < 1.29 is 8.42 Å². The Morgan fingerprint density at radius 3 is 2.12 bits per heavy atom. The van der Waals surface area contributed by atoms with E-state index in [9.17, 15) is 8.42 Å². The first-order chi connectivity index (χ1) is 7.31. The maximum atomic E-state index is 12.1. The molecule has 16 heavy (non-hydrogen) atoms. The molecule has 1 aromatic carbocycles. The zero-order valence-corrected chi connectivity index (χ0v) is 11.7. The average molecular weight is 304 g/mol. The summed E-state index contributed by atoms with van der Waals surface area (Å²) in [6.45, 7) is 5.35. The van der Waals surface area contributed by atoms with Crippen LogP contribution in [0.15, 0.2) is 33.6 Å². The quantitative estimate of drug-likeness (QED) is 0.842. The van der Waals surface area contributed by atoms with Crippen LogP contribution in [0.2, 0.25) is 0 Å². The lowest BCUT2D eigenvalue weighted by Crippen LogP contribution is -2.55. The van der Waals surface area contributed by atoms with Gasteiger partial charge in [-0.2, -0.15) is 4.31 Å². The minimum atomic E-state index is -3.28. The van der Waals surface area contributed by atoms with Crippen LogP contribution in [0.25, 0.3) is 0 Å². The van der Waals surface area contributed by atoms with E-state index in [-0.39, 0.29) is 5.41 Å². The summed E-state index contributed by atoms with van der Waals surface area (Å²) in [5, 5.41) is 0. The molecule has 0 amide bonds. The summed E-state index contributed by atoms with van der Waals surface area (Å²) in [6.07, 6.45) is 0. The molecule has 2 rings (SSSR count). The van der Waals surface area contributed by atoms with Gasteiger partial charge in [-0.05, 0) is 29.7 Å². The molecule has 0 radical (unpaired) electrons. The zero-order chi connectivity index (χ0) is 12.0. The summed E-state index contributed by atoms with van der Waals surface area (Å²) < 4.78 is 26.7. The van der Waals surface area contributed by atoms with Gasteiger partial charge in [-0.25, -0.2) is 8.42 Å². The highest BCUT2D eigenvalue weighted by Gasteiger charge is 2.41. The Hall–Kier alpha value is -0.390. The minimum absolute atomic E-state index is 0.114. The van der Waals surface area contributed by atoms with E-state index in [4.69, 9.17) is 0 Å². The highest BCUT2D eigenvalue weighted by Crippen LogP contribution is 2.33. The SMILES string of the molecule is CC1(C)CN(S(=O)(=O)c2ccc(Br)cc2)C1. The second-order valence-electron chi connectivity index (χ2n) is 4.89. The molecule has 3 nitrogen and oxygen atoms in total. The van der Waals surface area contributed by atoms with Gasteiger partial charge in [-0.15, -0.1) is 0 Å². The summed E-state index contributed by atoms with van der Waals surface area (Å²) in [4.78, 5) is 0.367. The van der Waals surface area contributed by atoms with Crippen LogP contribution in [0.1, 0.15) is 13.8 Å². The first-order valence-electron chi connectivity index (χ1n) is 5.07. The molecule has 0 bridgehead atoms. The van der Waals surface area contributed by atoms with Crippen molar-refractivity contribution in [3.63, 3.8) is 0 Å². The molecule has 1 aromatic rings. The Kier molecular flexibility index (Phi) is 2.88. The lowest BCUT2D eigenvalue weighted by molar-refractivity contribution is 0.111. The lowest BCUT2D eigenvalue weighted by Gasteiger charge is -2.44. The van der Waals surface area contributed by atoms with Gasteiger partial charge in [0.15, 0.2) is 0 Å². The Labute approximate surface area is 105 Å². The van der Waals surface area contributed by atoms with Crippen molar-refractivity contribution >= 4 is 26.0 Å². The third-order valence-electron chi connectivity index (χ3n) is 2.66. The standard InChI is InChI=1S/C11H14BrNO2S/c1-11(2)7-13(8-11)16(14,15)10-5-3-9(12)4-6-10/h3-6H,7-8H2,1-2H3. The number of hydrogen-bond acceptors (Lipinski definition) is 2. The molecule has 0 aliphatic carbocycles. The fourth-order valence-corrected chi connectivity index (χ4v) is 3.92. The van der Waals surface area contributed by atoms with Crippen LogP contribution in [0.4, 0.5) is 0 Å². The van der Waals surface area contributed by atoms with E-state index in [0.29, 0.717) is 18.0 Å².